The molecule has 3 N–H and O–H groups in total. The Morgan fingerprint density at radius 3 is 2.06 bits per heavy atom. The van der Waals surface area contributed by atoms with Crippen LogP contribution < -0.4 is 5.32 Å². The number of nitrogens with one attached hydrogen (secondary N) is 1. The summed E-state index contributed by atoms with van der Waals surface area (Å²) in [5.74, 6) is 0.590. The van der Waals surface area contributed by atoms with Gasteiger partial charge in [0.2, 0.25) is 0 Å². The van der Waals surface area contributed by atoms with Crippen LogP contribution in [0.2, 0.25) is 0 Å². The number of piperidine rings is 1. The third-order valence-corrected chi connectivity index (χ3v) is 4.29. The van der Waals surface area contributed by atoms with E-state index in [2.05, 4.69) is 46.5 Å². The van der Waals surface area contributed by atoms with Gasteiger partial charge < -0.3 is 10.8 Å². The Morgan fingerprint density at radius 2 is 1.71 bits per heavy atom. The normalized spacial score (nSPS) is 36.6. The molecule has 1 fully saturated rings. The van der Waals surface area contributed by atoms with Crippen molar-refractivity contribution in [3.05, 3.63) is 12.2 Å². The molecule has 1 saturated heterocycles. The summed E-state index contributed by atoms with van der Waals surface area (Å²) in [6, 6.07) is 0. The van der Waals surface area contributed by atoms with Crippen molar-refractivity contribution in [2.45, 2.75) is 78.8 Å². The van der Waals surface area contributed by atoms with Crippen LogP contribution in [0.1, 0.15) is 67.7 Å². The molecule has 0 bridgehead atoms. The molecule has 1 aliphatic heterocycles. The zero-order valence-electron chi connectivity index (χ0n) is 12.9. The first-order valence-electron chi connectivity index (χ1n) is 6.84. The lowest BCUT2D eigenvalue weighted by molar-refractivity contribution is 0.135. The molecule has 0 amide bonds. The molecule has 3 atom stereocenters. The maximum Gasteiger partial charge on any atom is 0.0218 e. The maximum absolute atomic E-state index is 4.24. The van der Waals surface area contributed by atoms with Crippen molar-refractivity contribution in [1.29, 1.82) is 0 Å². The van der Waals surface area contributed by atoms with Crippen LogP contribution in [0.15, 0.2) is 12.2 Å². The Hall–Kier alpha value is -0.340. The molecule has 0 aromatic carbocycles. The van der Waals surface area contributed by atoms with Gasteiger partial charge in [-0.2, -0.15) is 0 Å². The van der Waals surface area contributed by atoms with E-state index >= 15 is 0 Å². The highest BCUT2D eigenvalue weighted by atomic mass is 16.0. The van der Waals surface area contributed by atoms with Crippen molar-refractivity contribution in [1.82, 2.24) is 5.32 Å². The molecule has 2 nitrogen and oxygen atoms in total. The first-order chi connectivity index (χ1) is 7.37. The van der Waals surface area contributed by atoms with Gasteiger partial charge in [0.05, 0.1) is 0 Å². The second-order valence-corrected chi connectivity index (χ2v) is 5.37. The summed E-state index contributed by atoms with van der Waals surface area (Å²) in [6.45, 7) is 19.7. The first-order valence-corrected chi connectivity index (χ1v) is 6.84. The molecule has 17 heavy (non-hydrogen) atoms. The molecule has 0 spiro atoms. The zero-order chi connectivity index (χ0) is 13.0. The van der Waals surface area contributed by atoms with Crippen molar-refractivity contribution in [3.8, 4) is 0 Å². The van der Waals surface area contributed by atoms with Crippen LogP contribution in [-0.2, 0) is 0 Å². The van der Waals surface area contributed by atoms with Crippen molar-refractivity contribution < 1.29 is 5.48 Å². The van der Waals surface area contributed by atoms with E-state index in [0.717, 1.165) is 6.42 Å². The summed E-state index contributed by atoms with van der Waals surface area (Å²) in [6.07, 6.45) is 3.47. The molecule has 1 aliphatic rings. The zero-order valence-corrected chi connectivity index (χ0v) is 12.9. The first kappa shape index (κ1) is 19.0. The van der Waals surface area contributed by atoms with Crippen LogP contribution in [-0.4, -0.2) is 16.6 Å². The van der Waals surface area contributed by atoms with Crippen molar-refractivity contribution in [3.63, 3.8) is 0 Å². The van der Waals surface area contributed by atoms with E-state index in [9.17, 15) is 0 Å². The average molecular weight is 243 g/mol. The average Bonchev–Trinajstić information content (AvgIpc) is 2.29. The van der Waals surface area contributed by atoms with Crippen molar-refractivity contribution >= 4 is 0 Å². The minimum atomic E-state index is 0. The van der Waals surface area contributed by atoms with E-state index in [-0.39, 0.29) is 16.6 Å². The van der Waals surface area contributed by atoms with Crippen LogP contribution in [0.3, 0.4) is 0 Å². The van der Waals surface area contributed by atoms with Gasteiger partial charge in [0.25, 0.3) is 0 Å². The highest BCUT2D eigenvalue weighted by molar-refractivity contribution is 5.18. The standard InChI is InChI=1S/C13H25N.C2H6.H2O/c1-7-12(5)9-10(3)11(4)13(6,8-2)14-12;1-2;/h11,14H,3,7-9H2,1-2,4-6H3;1-2H3;1H2. The summed E-state index contributed by atoms with van der Waals surface area (Å²) >= 11 is 0. The van der Waals surface area contributed by atoms with Crippen LogP contribution in [0, 0.1) is 5.92 Å². The Balaban J connectivity index is 0. The Labute approximate surface area is 108 Å². The second kappa shape index (κ2) is 7.17. The molecule has 2 heteroatoms. The number of hydrogen-bond acceptors (Lipinski definition) is 1. The highest BCUT2D eigenvalue weighted by Gasteiger charge is 2.42. The fraction of sp³-hybridized carbons (Fsp3) is 0.867. The molecule has 0 aromatic heterocycles. The molecule has 1 heterocycles. The van der Waals surface area contributed by atoms with Gasteiger partial charge in [-0.05, 0) is 39.0 Å². The molecule has 0 radical (unpaired) electrons. The van der Waals surface area contributed by atoms with Gasteiger partial charge in [-0.1, -0.05) is 46.8 Å². The van der Waals surface area contributed by atoms with E-state index in [1.165, 1.54) is 18.4 Å². The van der Waals surface area contributed by atoms with Gasteiger partial charge in [0, 0.05) is 11.1 Å². The van der Waals surface area contributed by atoms with Crippen LogP contribution >= 0.6 is 0 Å². The molecular formula is C15H33NO. The van der Waals surface area contributed by atoms with Gasteiger partial charge in [0.1, 0.15) is 0 Å². The number of rotatable bonds is 2. The van der Waals surface area contributed by atoms with E-state index in [0.29, 0.717) is 5.92 Å². The molecular weight excluding hydrogens is 210 g/mol. The van der Waals surface area contributed by atoms with Crippen LogP contribution in [0.25, 0.3) is 0 Å². The lowest BCUT2D eigenvalue weighted by Crippen LogP contribution is -2.62. The fourth-order valence-electron chi connectivity index (χ4n) is 2.55. The van der Waals surface area contributed by atoms with Gasteiger partial charge in [-0.3, -0.25) is 0 Å². The van der Waals surface area contributed by atoms with Gasteiger partial charge >= 0.3 is 0 Å². The van der Waals surface area contributed by atoms with E-state index < -0.39 is 0 Å². The Bertz CT molecular complexity index is 239. The summed E-state index contributed by atoms with van der Waals surface area (Å²) in [5, 5.41) is 3.82. The van der Waals surface area contributed by atoms with Gasteiger partial charge in [-0.15, -0.1) is 0 Å². The van der Waals surface area contributed by atoms with Crippen LogP contribution in [0.5, 0.6) is 0 Å². The summed E-state index contributed by atoms with van der Waals surface area (Å²) in [7, 11) is 0. The predicted molar refractivity (Wildman–Crippen MR) is 78.4 cm³/mol. The smallest absolute Gasteiger partial charge is 0.0218 e. The molecule has 0 saturated carbocycles. The SMILES string of the molecule is C=C1CC(C)(CC)NC(C)(CC)C1C.CC.O. The highest BCUT2D eigenvalue weighted by Crippen LogP contribution is 2.39. The maximum atomic E-state index is 4.24. The van der Waals surface area contributed by atoms with E-state index in [4.69, 9.17) is 0 Å². The minimum Gasteiger partial charge on any atom is -0.412 e. The summed E-state index contributed by atoms with van der Waals surface area (Å²) in [4.78, 5) is 0. The fourth-order valence-corrected chi connectivity index (χ4v) is 2.55. The van der Waals surface area contributed by atoms with E-state index in [1.807, 2.05) is 13.8 Å². The minimum absolute atomic E-state index is 0. The van der Waals surface area contributed by atoms with Gasteiger partial charge in [0.15, 0.2) is 0 Å². The lowest BCUT2D eigenvalue weighted by atomic mass is 9.69. The predicted octanol–water partition coefficient (Wildman–Crippen LogP) is 3.71. The topological polar surface area (TPSA) is 43.5 Å². The second-order valence-electron chi connectivity index (χ2n) is 5.37. The Kier molecular flexibility index (Phi) is 8.02. The van der Waals surface area contributed by atoms with Crippen LogP contribution in [0.4, 0.5) is 0 Å². The third kappa shape index (κ3) is 4.11. The quantitative estimate of drug-likeness (QED) is 0.738. The summed E-state index contributed by atoms with van der Waals surface area (Å²) < 4.78 is 0. The third-order valence-electron chi connectivity index (χ3n) is 4.29. The Morgan fingerprint density at radius 1 is 1.24 bits per heavy atom. The molecule has 0 aromatic rings. The van der Waals surface area contributed by atoms with E-state index in [1.54, 1.807) is 0 Å². The molecule has 1 rings (SSSR count). The van der Waals surface area contributed by atoms with Crippen molar-refractivity contribution in [2.24, 2.45) is 5.92 Å². The van der Waals surface area contributed by atoms with Crippen molar-refractivity contribution in [2.75, 3.05) is 0 Å². The summed E-state index contributed by atoms with van der Waals surface area (Å²) in [5.41, 5.74) is 1.91. The lowest BCUT2D eigenvalue weighted by Gasteiger charge is -2.51. The molecule has 0 aliphatic carbocycles. The van der Waals surface area contributed by atoms with Gasteiger partial charge in [-0.25, -0.2) is 0 Å². The number of hydrogen-bond donors (Lipinski definition) is 1. The monoisotopic (exact) mass is 243 g/mol. The largest absolute Gasteiger partial charge is 0.412 e. The molecule has 104 valence electrons. The molecule has 3 unspecified atom stereocenters.